The van der Waals surface area contributed by atoms with Gasteiger partial charge in [0.05, 0.1) is 17.4 Å². The van der Waals surface area contributed by atoms with E-state index in [1.54, 1.807) is 18.3 Å². The van der Waals surface area contributed by atoms with Gasteiger partial charge in [-0.05, 0) is 30.7 Å². The van der Waals surface area contributed by atoms with Gasteiger partial charge in [-0.15, -0.1) is 0 Å². The Morgan fingerprint density at radius 3 is 2.73 bits per heavy atom. The van der Waals surface area contributed by atoms with Crippen molar-refractivity contribution in [2.24, 2.45) is 0 Å². The van der Waals surface area contributed by atoms with Crippen molar-refractivity contribution in [1.82, 2.24) is 15.0 Å². The highest BCUT2D eigenvalue weighted by molar-refractivity contribution is 6.06. The summed E-state index contributed by atoms with van der Waals surface area (Å²) in [6.07, 6.45) is 1.59. The lowest BCUT2D eigenvalue weighted by Gasteiger charge is -2.08. The molecule has 4 aromatic rings. The smallest absolute Gasteiger partial charge is 0.256 e. The first kappa shape index (κ1) is 15.8. The number of nitrogens with one attached hydrogen (secondary N) is 2. The van der Waals surface area contributed by atoms with Crippen molar-refractivity contribution >= 4 is 28.4 Å². The number of aromatic amines is 1. The predicted molar refractivity (Wildman–Crippen MR) is 103 cm³/mol. The van der Waals surface area contributed by atoms with Crippen LogP contribution in [0.15, 0.2) is 60.8 Å². The number of imidazole rings is 1. The summed E-state index contributed by atoms with van der Waals surface area (Å²) in [6, 6.07) is 16.9. The zero-order chi connectivity index (χ0) is 18.1. The van der Waals surface area contributed by atoms with Crippen LogP contribution in [0.2, 0.25) is 0 Å². The highest BCUT2D eigenvalue weighted by Crippen LogP contribution is 2.22. The topological polar surface area (TPSA) is 96.7 Å². The molecule has 6 nitrogen and oxygen atoms in total. The fourth-order valence-corrected chi connectivity index (χ4v) is 2.78. The molecule has 0 aliphatic heterocycles. The number of nitrogen functional groups attached to an aromatic ring is 1. The summed E-state index contributed by atoms with van der Waals surface area (Å²) in [6.45, 7) is 1.87. The van der Waals surface area contributed by atoms with E-state index in [-0.39, 0.29) is 5.91 Å². The third-order valence-corrected chi connectivity index (χ3v) is 4.15. The zero-order valence-corrected chi connectivity index (χ0v) is 14.2. The average molecular weight is 343 g/mol. The molecular weight excluding hydrogens is 326 g/mol. The standard InChI is InChI=1S/C20H17N5O/c1-12-7-8-14(21)9-16(12)20(26)23-15-10-17-19(22-11-15)25-18(24-17)13-5-3-2-4-6-13/h2-11H,21H2,1H3,(H,23,26)(H,22,24,25). The second kappa shape index (κ2) is 6.33. The number of carbonyl (C=O) groups excluding carboxylic acids is 1. The molecule has 26 heavy (non-hydrogen) atoms. The van der Waals surface area contributed by atoms with Crippen molar-refractivity contribution in [1.29, 1.82) is 0 Å². The molecule has 2 heterocycles. The highest BCUT2D eigenvalue weighted by atomic mass is 16.1. The van der Waals surface area contributed by atoms with Gasteiger partial charge in [-0.2, -0.15) is 0 Å². The molecule has 0 radical (unpaired) electrons. The molecule has 2 aromatic heterocycles. The van der Waals surface area contributed by atoms with Crippen molar-refractivity contribution < 1.29 is 4.79 Å². The van der Waals surface area contributed by atoms with Gasteiger partial charge in [0.1, 0.15) is 5.82 Å². The number of nitrogens with zero attached hydrogens (tertiary/aromatic N) is 2. The van der Waals surface area contributed by atoms with Crippen LogP contribution in [-0.2, 0) is 0 Å². The van der Waals surface area contributed by atoms with Crippen LogP contribution in [0.1, 0.15) is 15.9 Å². The zero-order valence-electron chi connectivity index (χ0n) is 14.2. The van der Waals surface area contributed by atoms with E-state index in [1.165, 1.54) is 0 Å². The summed E-state index contributed by atoms with van der Waals surface area (Å²) >= 11 is 0. The van der Waals surface area contributed by atoms with Crippen LogP contribution >= 0.6 is 0 Å². The number of pyridine rings is 1. The minimum absolute atomic E-state index is 0.223. The molecule has 0 bridgehead atoms. The van der Waals surface area contributed by atoms with Crippen molar-refractivity contribution in [2.75, 3.05) is 11.1 Å². The quantitative estimate of drug-likeness (QED) is 0.493. The SMILES string of the molecule is Cc1ccc(N)cc1C(=O)Nc1cnc2nc(-c3ccccc3)[nH]c2c1. The van der Waals surface area contributed by atoms with Crippen LogP contribution in [0, 0.1) is 6.92 Å². The van der Waals surface area contributed by atoms with E-state index in [2.05, 4.69) is 20.3 Å². The second-order valence-corrected chi connectivity index (χ2v) is 6.08. The van der Waals surface area contributed by atoms with E-state index in [1.807, 2.05) is 49.4 Å². The monoisotopic (exact) mass is 343 g/mol. The summed E-state index contributed by atoms with van der Waals surface area (Å²) in [5, 5.41) is 2.86. The van der Waals surface area contributed by atoms with Crippen LogP contribution < -0.4 is 11.1 Å². The molecule has 128 valence electrons. The number of aryl methyl sites for hydroxylation is 1. The van der Waals surface area contributed by atoms with E-state index in [0.717, 1.165) is 22.5 Å². The van der Waals surface area contributed by atoms with Gasteiger partial charge < -0.3 is 16.0 Å². The number of benzene rings is 2. The fourth-order valence-electron chi connectivity index (χ4n) is 2.78. The van der Waals surface area contributed by atoms with Crippen LogP contribution in [0.25, 0.3) is 22.6 Å². The van der Waals surface area contributed by atoms with Gasteiger partial charge in [0, 0.05) is 16.8 Å². The highest BCUT2D eigenvalue weighted by Gasteiger charge is 2.12. The molecule has 0 atom stereocenters. The van der Waals surface area contributed by atoms with Crippen LogP contribution in [0.5, 0.6) is 0 Å². The number of aromatic nitrogens is 3. The second-order valence-electron chi connectivity index (χ2n) is 6.08. The first-order chi connectivity index (χ1) is 12.6. The Morgan fingerprint density at radius 1 is 1.12 bits per heavy atom. The summed E-state index contributed by atoms with van der Waals surface area (Å²) in [5.74, 6) is 0.516. The number of anilines is 2. The number of carbonyl (C=O) groups is 1. The van der Waals surface area contributed by atoms with Gasteiger partial charge in [-0.25, -0.2) is 9.97 Å². The summed E-state index contributed by atoms with van der Waals surface area (Å²) < 4.78 is 0. The van der Waals surface area contributed by atoms with E-state index in [0.29, 0.717) is 22.6 Å². The Labute approximate surface area is 150 Å². The summed E-state index contributed by atoms with van der Waals surface area (Å²) in [4.78, 5) is 24.6. The largest absolute Gasteiger partial charge is 0.399 e. The molecular formula is C20H17N5O. The molecule has 2 aromatic carbocycles. The van der Waals surface area contributed by atoms with Gasteiger partial charge in [-0.1, -0.05) is 36.4 Å². The van der Waals surface area contributed by atoms with Crippen LogP contribution in [-0.4, -0.2) is 20.9 Å². The number of H-pyrrole nitrogens is 1. The molecule has 4 rings (SSSR count). The molecule has 0 saturated carbocycles. The molecule has 0 unspecified atom stereocenters. The molecule has 0 fully saturated rings. The van der Waals surface area contributed by atoms with Crippen LogP contribution in [0.3, 0.4) is 0 Å². The van der Waals surface area contributed by atoms with E-state index >= 15 is 0 Å². The van der Waals surface area contributed by atoms with Crippen molar-refractivity contribution in [3.63, 3.8) is 0 Å². The molecule has 1 amide bonds. The summed E-state index contributed by atoms with van der Waals surface area (Å²) in [7, 11) is 0. The Bertz CT molecular complexity index is 1100. The Morgan fingerprint density at radius 2 is 1.92 bits per heavy atom. The molecule has 0 aliphatic rings. The summed E-state index contributed by atoms with van der Waals surface area (Å²) in [5.41, 5.74) is 10.7. The van der Waals surface area contributed by atoms with Gasteiger partial charge in [0.15, 0.2) is 5.65 Å². The van der Waals surface area contributed by atoms with Crippen molar-refractivity contribution in [3.8, 4) is 11.4 Å². The lowest BCUT2D eigenvalue weighted by molar-refractivity contribution is 0.102. The average Bonchev–Trinajstić information content (AvgIpc) is 3.08. The van der Waals surface area contributed by atoms with E-state index in [4.69, 9.17) is 5.73 Å². The number of rotatable bonds is 3. The Balaban J connectivity index is 1.63. The molecule has 6 heteroatoms. The van der Waals surface area contributed by atoms with Gasteiger partial charge in [-0.3, -0.25) is 4.79 Å². The Hall–Kier alpha value is -3.67. The molecule has 0 spiro atoms. The van der Waals surface area contributed by atoms with Gasteiger partial charge in [0.2, 0.25) is 0 Å². The number of nitrogens with two attached hydrogens (primary N) is 1. The van der Waals surface area contributed by atoms with E-state index in [9.17, 15) is 4.79 Å². The van der Waals surface area contributed by atoms with Gasteiger partial charge in [0.25, 0.3) is 5.91 Å². The molecule has 4 N–H and O–H groups in total. The lowest BCUT2D eigenvalue weighted by atomic mass is 10.1. The first-order valence-electron chi connectivity index (χ1n) is 8.19. The van der Waals surface area contributed by atoms with Gasteiger partial charge >= 0.3 is 0 Å². The normalized spacial score (nSPS) is 10.8. The Kier molecular flexibility index (Phi) is 3.85. The number of fused-ring (bicyclic) bond motifs is 1. The number of hydrogen-bond acceptors (Lipinski definition) is 4. The maximum atomic E-state index is 12.5. The number of amides is 1. The van der Waals surface area contributed by atoms with Crippen LogP contribution in [0.4, 0.5) is 11.4 Å². The van der Waals surface area contributed by atoms with Crippen molar-refractivity contribution in [3.05, 3.63) is 71.9 Å². The minimum atomic E-state index is -0.223. The van der Waals surface area contributed by atoms with Crippen molar-refractivity contribution in [2.45, 2.75) is 6.92 Å². The third kappa shape index (κ3) is 3.00. The molecule has 0 saturated heterocycles. The maximum Gasteiger partial charge on any atom is 0.256 e. The maximum absolute atomic E-state index is 12.5. The fraction of sp³-hybridized carbons (Fsp3) is 0.0500. The number of hydrogen-bond donors (Lipinski definition) is 3. The predicted octanol–water partition coefficient (Wildman–Crippen LogP) is 3.77. The first-order valence-corrected chi connectivity index (χ1v) is 8.19. The van der Waals surface area contributed by atoms with E-state index < -0.39 is 0 Å². The third-order valence-electron chi connectivity index (χ3n) is 4.15. The minimum Gasteiger partial charge on any atom is -0.399 e. The molecule has 0 aliphatic carbocycles. The lowest BCUT2D eigenvalue weighted by Crippen LogP contribution is -2.14.